The predicted molar refractivity (Wildman–Crippen MR) is 107 cm³/mol. The molecule has 2 unspecified atom stereocenters. The Bertz CT molecular complexity index is 1120. The third kappa shape index (κ3) is 3.70. The molecule has 2 aliphatic rings. The van der Waals surface area contributed by atoms with Crippen molar-refractivity contribution < 1.29 is 18.0 Å². The van der Waals surface area contributed by atoms with Gasteiger partial charge in [-0.05, 0) is 37.0 Å². The molecule has 2 aromatic heterocycles. The van der Waals surface area contributed by atoms with Gasteiger partial charge in [0.25, 0.3) is 5.78 Å². The summed E-state index contributed by atoms with van der Waals surface area (Å²) in [7, 11) is 0. The molecule has 1 aromatic carbocycles. The third-order valence-corrected chi connectivity index (χ3v) is 6.05. The maximum absolute atomic E-state index is 12.9. The highest BCUT2D eigenvalue weighted by atomic mass is 19.4. The number of aryl methyl sites for hydroxylation is 1. The number of aromatic nitrogens is 4. The number of piperazine rings is 1. The fourth-order valence-corrected chi connectivity index (χ4v) is 4.28. The van der Waals surface area contributed by atoms with Crippen molar-refractivity contribution in [1.29, 1.82) is 0 Å². The number of nitrogens with zero attached hydrogens (tertiary/aromatic N) is 6. The number of amides is 1. The van der Waals surface area contributed by atoms with Crippen LogP contribution < -0.4 is 4.90 Å². The van der Waals surface area contributed by atoms with Crippen molar-refractivity contribution in [2.45, 2.75) is 25.4 Å². The SMILES string of the molecule is Cc1cc(N2CCN(C(=O)C3CC3c3ccc(C(F)(F)F)cc3)CC2)n2ncnc2n1. The van der Waals surface area contributed by atoms with E-state index in [9.17, 15) is 18.0 Å². The summed E-state index contributed by atoms with van der Waals surface area (Å²) in [6.45, 7) is 4.43. The molecule has 0 spiro atoms. The summed E-state index contributed by atoms with van der Waals surface area (Å²) in [5, 5.41) is 4.24. The molecule has 1 amide bonds. The van der Waals surface area contributed by atoms with E-state index in [1.807, 2.05) is 17.9 Å². The van der Waals surface area contributed by atoms with Crippen LogP contribution in [0.25, 0.3) is 5.78 Å². The van der Waals surface area contributed by atoms with Gasteiger partial charge >= 0.3 is 6.18 Å². The Hall–Kier alpha value is -3.17. The molecule has 7 nitrogen and oxygen atoms in total. The average molecular weight is 430 g/mol. The monoisotopic (exact) mass is 430 g/mol. The van der Waals surface area contributed by atoms with E-state index in [-0.39, 0.29) is 17.7 Å². The maximum atomic E-state index is 12.9. The van der Waals surface area contributed by atoms with Crippen LogP contribution in [-0.2, 0) is 11.0 Å². The van der Waals surface area contributed by atoms with E-state index in [1.54, 1.807) is 4.52 Å². The second-order valence-electron chi connectivity index (χ2n) is 8.11. The number of carbonyl (C=O) groups excluding carboxylic acids is 1. The van der Waals surface area contributed by atoms with Crippen LogP contribution in [0.5, 0.6) is 0 Å². The maximum Gasteiger partial charge on any atom is 0.416 e. The number of carbonyl (C=O) groups is 1. The summed E-state index contributed by atoms with van der Waals surface area (Å²) in [6.07, 6.45) is -2.19. The van der Waals surface area contributed by atoms with Gasteiger partial charge in [0.15, 0.2) is 0 Å². The summed E-state index contributed by atoms with van der Waals surface area (Å²) in [4.78, 5) is 25.5. The molecule has 3 heterocycles. The number of halogens is 3. The minimum absolute atomic E-state index is 0.00503. The summed E-state index contributed by atoms with van der Waals surface area (Å²) >= 11 is 0. The van der Waals surface area contributed by atoms with Gasteiger partial charge in [-0.1, -0.05) is 12.1 Å². The first kappa shape index (κ1) is 19.8. The Kier molecular flexibility index (Phi) is 4.60. The number of fused-ring (bicyclic) bond motifs is 1. The molecule has 3 aromatic rings. The minimum Gasteiger partial charge on any atom is -0.353 e. The Morgan fingerprint density at radius 1 is 1.10 bits per heavy atom. The standard InChI is InChI=1S/C21H21F3N6O/c1-13-10-18(30-20(27-13)25-12-26-30)28-6-8-29(9-7-28)19(31)17-11-16(17)14-2-4-15(5-3-14)21(22,23)24/h2-5,10,12,16-17H,6-9,11H2,1H3. The van der Waals surface area contributed by atoms with Gasteiger partial charge in [0.2, 0.25) is 5.91 Å². The molecule has 1 saturated heterocycles. The fourth-order valence-electron chi connectivity index (χ4n) is 4.28. The zero-order valence-corrected chi connectivity index (χ0v) is 16.9. The molecule has 0 bridgehead atoms. The summed E-state index contributed by atoms with van der Waals surface area (Å²) < 4.78 is 40.0. The second-order valence-corrected chi connectivity index (χ2v) is 8.11. The first-order valence-electron chi connectivity index (χ1n) is 10.2. The van der Waals surface area contributed by atoms with Crippen molar-refractivity contribution in [3.8, 4) is 0 Å². The molecule has 162 valence electrons. The van der Waals surface area contributed by atoms with Gasteiger partial charge in [0, 0.05) is 43.9 Å². The predicted octanol–water partition coefficient (Wildman–Crippen LogP) is 2.90. The second kappa shape index (κ2) is 7.21. The lowest BCUT2D eigenvalue weighted by Crippen LogP contribution is -2.49. The Balaban J connectivity index is 1.21. The van der Waals surface area contributed by atoms with E-state index in [0.29, 0.717) is 38.4 Å². The zero-order chi connectivity index (χ0) is 21.8. The van der Waals surface area contributed by atoms with Crippen LogP contribution >= 0.6 is 0 Å². The van der Waals surface area contributed by atoms with E-state index in [4.69, 9.17) is 0 Å². The normalized spacial score (nSPS) is 21.5. The van der Waals surface area contributed by atoms with Crippen LogP contribution in [0.1, 0.15) is 29.2 Å². The highest BCUT2D eigenvalue weighted by molar-refractivity contribution is 5.83. The summed E-state index contributed by atoms with van der Waals surface area (Å²) in [5.41, 5.74) is 0.987. The molecule has 31 heavy (non-hydrogen) atoms. The van der Waals surface area contributed by atoms with E-state index >= 15 is 0 Å². The van der Waals surface area contributed by atoms with Crippen molar-refractivity contribution in [2.75, 3.05) is 31.1 Å². The van der Waals surface area contributed by atoms with Gasteiger partial charge in [-0.25, -0.2) is 4.98 Å². The Morgan fingerprint density at radius 2 is 1.81 bits per heavy atom. The molecule has 5 rings (SSSR count). The number of hydrogen-bond donors (Lipinski definition) is 0. The first-order valence-corrected chi connectivity index (χ1v) is 10.2. The van der Waals surface area contributed by atoms with Crippen molar-refractivity contribution in [2.24, 2.45) is 5.92 Å². The van der Waals surface area contributed by atoms with Gasteiger partial charge < -0.3 is 9.80 Å². The van der Waals surface area contributed by atoms with Crippen LogP contribution in [-0.4, -0.2) is 56.6 Å². The Labute approximate surface area is 176 Å². The van der Waals surface area contributed by atoms with Gasteiger partial charge in [-0.15, -0.1) is 0 Å². The highest BCUT2D eigenvalue weighted by Crippen LogP contribution is 2.49. The number of rotatable bonds is 3. The molecular weight excluding hydrogens is 409 g/mol. The average Bonchev–Trinajstić information content (AvgIpc) is 3.42. The van der Waals surface area contributed by atoms with Crippen LogP contribution in [0.3, 0.4) is 0 Å². The molecule has 2 atom stereocenters. The molecule has 1 aliphatic heterocycles. The molecule has 10 heteroatoms. The number of hydrogen-bond acceptors (Lipinski definition) is 5. The molecule has 1 aliphatic carbocycles. The van der Waals surface area contributed by atoms with Crippen molar-refractivity contribution in [1.82, 2.24) is 24.5 Å². The quantitative estimate of drug-likeness (QED) is 0.639. The zero-order valence-electron chi connectivity index (χ0n) is 16.9. The van der Waals surface area contributed by atoms with Gasteiger partial charge in [-0.3, -0.25) is 4.79 Å². The van der Waals surface area contributed by atoms with Crippen molar-refractivity contribution >= 4 is 17.5 Å². The van der Waals surface area contributed by atoms with Crippen LogP contribution in [0.4, 0.5) is 19.0 Å². The fraction of sp³-hybridized carbons (Fsp3) is 0.429. The minimum atomic E-state index is -4.35. The van der Waals surface area contributed by atoms with Crippen LogP contribution in [0.2, 0.25) is 0 Å². The molecule has 1 saturated carbocycles. The molecular formula is C21H21F3N6O. The first-order chi connectivity index (χ1) is 14.8. The van der Waals surface area contributed by atoms with Gasteiger partial charge in [0.05, 0.1) is 5.56 Å². The lowest BCUT2D eigenvalue weighted by molar-refractivity contribution is -0.137. The van der Waals surface area contributed by atoms with Crippen LogP contribution in [0, 0.1) is 12.8 Å². The van der Waals surface area contributed by atoms with E-state index in [0.717, 1.165) is 29.2 Å². The highest BCUT2D eigenvalue weighted by Gasteiger charge is 2.46. The Morgan fingerprint density at radius 3 is 2.48 bits per heavy atom. The van der Waals surface area contributed by atoms with E-state index in [2.05, 4.69) is 20.0 Å². The van der Waals surface area contributed by atoms with E-state index < -0.39 is 11.7 Å². The summed E-state index contributed by atoms with van der Waals surface area (Å²) in [6, 6.07) is 7.13. The number of benzene rings is 1. The third-order valence-electron chi connectivity index (χ3n) is 6.05. The smallest absolute Gasteiger partial charge is 0.353 e. The van der Waals surface area contributed by atoms with Crippen molar-refractivity contribution in [3.63, 3.8) is 0 Å². The van der Waals surface area contributed by atoms with Gasteiger partial charge in [-0.2, -0.15) is 27.8 Å². The topological polar surface area (TPSA) is 66.6 Å². The number of alkyl halides is 3. The van der Waals surface area contributed by atoms with Crippen LogP contribution in [0.15, 0.2) is 36.7 Å². The van der Waals surface area contributed by atoms with E-state index in [1.165, 1.54) is 18.5 Å². The van der Waals surface area contributed by atoms with Gasteiger partial charge in [0.1, 0.15) is 12.1 Å². The molecule has 2 fully saturated rings. The molecule has 0 radical (unpaired) electrons. The lowest BCUT2D eigenvalue weighted by Gasteiger charge is -2.36. The molecule has 0 N–H and O–H groups in total. The van der Waals surface area contributed by atoms with Crippen molar-refractivity contribution in [3.05, 3.63) is 53.5 Å². The summed E-state index contributed by atoms with van der Waals surface area (Å²) in [5.74, 6) is 1.40. The number of anilines is 1. The largest absolute Gasteiger partial charge is 0.416 e. The lowest BCUT2D eigenvalue weighted by atomic mass is 10.1.